The van der Waals surface area contributed by atoms with E-state index in [4.69, 9.17) is 23.7 Å². The van der Waals surface area contributed by atoms with Gasteiger partial charge in [0.2, 0.25) is 0 Å². The van der Waals surface area contributed by atoms with Crippen LogP contribution in [0.1, 0.15) is 413 Å². The standard InChI is InChI=1S/C74H142O9/c1-5-9-13-17-21-25-29-33-35-39-43-47-51-55-59-63-73(77)82-68-70(83-74(78)64-60-56-52-48-44-40-36-34-30-26-22-18-14-10-6-2)67-79-69(65-80-71(75)61-57-53-49-45-41-37-31-27-23-19-15-11-7-3)66-81-72(76)62-58-54-50-46-42-38-32-28-24-20-16-12-8-4/h69-70H,5-68H2,1-4H3. The fourth-order valence-electron chi connectivity index (χ4n) is 11.4. The van der Waals surface area contributed by atoms with Gasteiger partial charge >= 0.3 is 23.9 Å². The maximum atomic E-state index is 13.3. The molecule has 0 saturated carbocycles. The van der Waals surface area contributed by atoms with Crippen LogP contribution >= 0.6 is 0 Å². The molecule has 0 heterocycles. The molecule has 0 aromatic carbocycles. The molecule has 0 aliphatic rings. The smallest absolute Gasteiger partial charge is 0.306 e. The third-order valence-electron chi connectivity index (χ3n) is 17.0. The Morgan fingerprint density at radius 2 is 0.373 bits per heavy atom. The van der Waals surface area contributed by atoms with E-state index in [0.29, 0.717) is 25.7 Å². The molecule has 9 heteroatoms. The van der Waals surface area contributed by atoms with Crippen molar-refractivity contribution in [2.75, 3.05) is 26.4 Å². The minimum Gasteiger partial charge on any atom is -0.463 e. The van der Waals surface area contributed by atoms with E-state index in [1.165, 1.54) is 283 Å². The van der Waals surface area contributed by atoms with Crippen LogP contribution in [0.25, 0.3) is 0 Å². The summed E-state index contributed by atoms with van der Waals surface area (Å²) in [6, 6.07) is 0. The summed E-state index contributed by atoms with van der Waals surface area (Å²) in [5.74, 6) is -1.22. The molecule has 0 aromatic heterocycles. The van der Waals surface area contributed by atoms with E-state index >= 15 is 0 Å². The lowest BCUT2D eigenvalue weighted by Gasteiger charge is -2.23. The van der Waals surface area contributed by atoms with Crippen molar-refractivity contribution in [1.82, 2.24) is 0 Å². The van der Waals surface area contributed by atoms with Gasteiger partial charge in [0.05, 0.1) is 6.61 Å². The van der Waals surface area contributed by atoms with E-state index in [2.05, 4.69) is 27.7 Å². The quantitative estimate of drug-likeness (QED) is 0.0334. The predicted molar refractivity (Wildman–Crippen MR) is 352 cm³/mol. The van der Waals surface area contributed by atoms with Gasteiger partial charge in [-0.3, -0.25) is 19.2 Å². The van der Waals surface area contributed by atoms with Gasteiger partial charge < -0.3 is 23.7 Å². The summed E-state index contributed by atoms with van der Waals surface area (Å²) in [4.78, 5) is 52.4. The number of hydrogen-bond acceptors (Lipinski definition) is 9. The van der Waals surface area contributed by atoms with Gasteiger partial charge in [-0.05, 0) is 25.7 Å². The van der Waals surface area contributed by atoms with Gasteiger partial charge in [-0.2, -0.15) is 0 Å². The highest BCUT2D eigenvalue weighted by molar-refractivity contribution is 5.71. The van der Waals surface area contributed by atoms with Crippen molar-refractivity contribution in [3.05, 3.63) is 0 Å². The number of carbonyl (C=O) groups is 4. The van der Waals surface area contributed by atoms with E-state index in [9.17, 15) is 19.2 Å². The molecule has 0 bridgehead atoms. The van der Waals surface area contributed by atoms with Crippen molar-refractivity contribution in [3.8, 4) is 0 Å². The van der Waals surface area contributed by atoms with Crippen LogP contribution in [-0.4, -0.2) is 62.5 Å². The molecular formula is C74H142O9. The van der Waals surface area contributed by atoms with Crippen LogP contribution in [0.2, 0.25) is 0 Å². The summed E-state index contributed by atoms with van der Waals surface area (Å²) in [5, 5.41) is 0. The van der Waals surface area contributed by atoms with Crippen molar-refractivity contribution in [3.63, 3.8) is 0 Å². The highest BCUT2D eigenvalue weighted by Gasteiger charge is 2.23. The molecule has 1 unspecified atom stereocenters. The Kier molecular flexibility index (Phi) is 67.2. The molecule has 0 spiro atoms. The number of carbonyl (C=O) groups excluding carboxylic acids is 4. The van der Waals surface area contributed by atoms with Crippen LogP contribution in [0.15, 0.2) is 0 Å². The third kappa shape index (κ3) is 65.7. The monoisotopic (exact) mass is 1180 g/mol. The largest absolute Gasteiger partial charge is 0.463 e. The number of rotatable bonds is 70. The van der Waals surface area contributed by atoms with Crippen molar-refractivity contribution >= 4 is 23.9 Å². The molecule has 0 fully saturated rings. The van der Waals surface area contributed by atoms with Gasteiger partial charge in [0.15, 0.2) is 6.10 Å². The summed E-state index contributed by atoms with van der Waals surface area (Å²) < 4.78 is 29.5. The molecule has 492 valence electrons. The van der Waals surface area contributed by atoms with Crippen LogP contribution in [0.5, 0.6) is 0 Å². The first kappa shape index (κ1) is 80.8. The highest BCUT2D eigenvalue weighted by atomic mass is 16.6. The molecule has 0 amide bonds. The summed E-state index contributed by atoms with van der Waals surface area (Å²) in [7, 11) is 0. The second-order valence-electron chi connectivity index (χ2n) is 25.5. The van der Waals surface area contributed by atoms with E-state index in [1.807, 2.05) is 0 Å². The molecule has 0 aliphatic heterocycles. The second kappa shape index (κ2) is 68.9. The van der Waals surface area contributed by atoms with Crippen molar-refractivity contribution in [2.24, 2.45) is 0 Å². The van der Waals surface area contributed by atoms with E-state index in [-0.39, 0.29) is 50.3 Å². The topological polar surface area (TPSA) is 114 Å². The molecule has 0 rings (SSSR count). The van der Waals surface area contributed by atoms with Crippen molar-refractivity contribution in [1.29, 1.82) is 0 Å². The number of hydrogen-bond donors (Lipinski definition) is 0. The molecule has 0 aromatic rings. The maximum Gasteiger partial charge on any atom is 0.306 e. The van der Waals surface area contributed by atoms with Crippen LogP contribution in [0.3, 0.4) is 0 Å². The van der Waals surface area contributed by atoms with E-state index < -0.39 is 12.2 Å². The molecule has 0 aliphatic carbocycles. The third-order valence-corrected chi connectivity index (χ3v) is 17.0. The molecule has 0 saturated heterocycles. The first-order chi connectivity index (χ1) is 40.9. The van der Waals surface area contributed by atoms with Gasteiger partial charge in [0.25, 0.3) is 0 Å². The Labute approximate surface area is 516 Å². The first-order valence-corrected chi connectivity index (χ1v) is 37.1. The van der Waals surface area contributed by atoms with Crippen LogP contribution in [0, 0.1) is 0 Å². The molecule has 0 N–H and O–H groups in total. The highest BCUT2D eigenvalue weighted by Crippen LogP contribution is 2.19. The summed E-state index contributed by atoms with van der Waals surface area (Å²) in [6.45, 7) is 8.72. The molecule has 0 radical (unpaired) electrons. The molecule has 83 heavy (non-hydrogen) atoms. The number of ether oxygens (including phenoxy) is 5. The Hall–Kier alpha value is -2.16. The second-order valence-corrected chi connectivity index (χ2v) is 25.5. The van der Waals surface area contributed by atoms with Crippen LogP contribution in [0.4, 0.5) is 0 Å². The van der Waals surface area contributed by atoms with Gasteiger partial charge in [-0.1, -0.05) is 362 Å². The minimum atomic E-state index is -0.839. The average molecular weight is 1180 g/mol. The number of unbranched alkanes of at least 4 members (excludes halogenated alkanes) is 52. The van der Waals surface area contributed by atoms with E-state index in [0.717, 1.165) is 77.0 Å². The maximum absolute atomic E-state index is 13.3. The van der Waals surface area contributed by atoms with Crippen molar-refractivity contribution < 1.29 is 42.9 Å². The lowest BCUT2D eigenvalue weighted by molar-refractivity contribution is -0.169. The SMILES string of the molecule is CCCCCCCCCCCCCCCCCC(=O)OCC(COC(COC(=O)CCCCCCCCCCCCCCC)COC(=O)CCCCCCCCCCCCCCC)OC(=O)CCCCCCCCCCCCCCCCC. The molecule has 9 nitrogen and oxygen atoms in total. The fourth-order valence-corrected chi connectivity index (χ4v) is 11.4. The van der Waals surface area contributed by atoms with Gasteiger partial charge in [0.1, 0.15) is 25.9 Å². The summed E-state index contributed by atoms with van der Waals surface area (Å²) in [5.41, 5.74) is 0. The van der Waals surface area contributed by atoms with E-state index in [1.54, 1.807) is 0 Å². The average Bonchev–Trinajstić information content (AvgIpc) is 3.49. The van der Waals surface area contributed by atoms with Crippen LogP contribution in [-0.2, 0) is 42.9 Å². The molecule has 1 atom stereocenters. The Bertz CT molecular complexity index is 1290. The lowest BCUT2D eigenvalue weighted by Crippen LogP contribution is -2.35. The summed E-state index contributed by atoms with van der Waals surface area (Å²) >= 11 is 0. The minimum absolute atomic E-state index is 0.0751. The zero-order chi connectivity index (χ0) is 60.3. The zero-order valence-electron chi connectivity index (χ0n) is 56.1. The van der Waals surface area contributed by atoms with Gasteiger partial charge in [-0.15, -0.1) is 0 Å². The first-order valence-electron chi connectivity index (χ1n) is 37.1. The Morgan fingerprint density at radius 1 is 0.205 bits per heavy atom. The predicted octanol–water partition coefficient (Wildman–Crippen LogP) is 23.4. The zero-order valence-corrected chi connectivity index (χ0v) is 56.1. The summed E-state index contributed by atoms with van der Waals surface area (Å²) in [6.07, 6.45) is 69.5. The Balaban J connectivity index is 5.24. The van der Waals surface area contributed by atoms with Gasteiger partial charge in [0, 0.05) is 25.7 Å². The normalized spacial score (nSPS) is 11.9. The van der Waals surface area contributed by atoms with Crippen LogP contribution < -0.4 is 0 Å². The van der Waals surface area contributed by atoms with Crippen molar-refractivity contribution in [2.45, 2.75) is 425 Å². The molecular weight excluding hydrogens is 1030 g/mol. The fraction of sp³-hybridized carbons (Fsp3) is 0.946. The lowest BCUT2D eigenvalue weighted by atomic mass is 10.0. The van der Waals surface area contributed by atoms with Gasteiger partial charge in [-0.25, -0.2) is 0 Å². The Morgan fingerprint density at radius 3 is 0.578 bits per heavy atom. The number of esters is 4.